The van der Waals surface area contributed by atoms with Crippen LogP contribution in [-0.4, -0.2) is 29.3 Å². The van der Waals surface area contributed by atoms with Gasteiger partial charge in [-0.15, -0.1) is 5.10 Å². The minimum atomic E-state index is -0.159. The number of hydrogen-bond acceptors (Lipinski definition) is 6. The van der Waals surface area contributed by atoms with Crippen LogP contribution in [0.2, 0.25) is 0 Å². The van der Waals surface area contributed by atoms with Crippen LogP contribution in [0.25, 0.3) is 0 Å². The minimum Gasteiger partial charge on any atom is -0.486 e. The molecule has 0 saturated heterocycles. The fraction of sp³-hybridized carbons (Fsp3) is 0.250. The van der Waals surface area contributed by atoms with Gasteiger partial charge in [0.15, 0.2) is 11.5 Å². The Hall–Kier alpha value is -3.35. The highest BCUT2D eigenvalue weighted by Gasteiger charge is 2.14. The molecule has 1 aromatic heterocycles. The molecule has 0 aliphatic carbocycles. The monoisotopic (exact) mass is 365 g/mol. The van der Waals surface area contributed by atoms with Crippen molar-refractivity contribution < 1.29 is 18.7 Å². The van der Waals surface area contributed by atoms with E-state index in [1.54, 1.807) is 0 Å². The zero-order chi connectivity index (χ0) is 18.5. The number of amides is 1. The van der Waals surface area contributed by atoms with Crippen LogP contribution in [0.15, 0.2) is 52.9 Å². The summed E-state index contributed by atoms with van der Waals surface area (Å²) in [6, 6.07) is 15.6. The molecule has 0 bridgehead atoms. The molecule has 27 heavy (non-hydrogen) atoms. The van der Waals surface area contributed by atoms with Gasteiger partial charge < -0.3 is 13.9 Å². The number of fused-ring (bicyclic) bond motifs is 1. The van der Waals surface area contributed by atoms with Gasteiger partial charge in [0.25, 0.3) is 0 Å². The number of rotatable bonds is 6. The highest BCUT2D eigenvalue weighted by molar-refractivity contribution is 5.88. The van der Waals surface area contributed by atoms with E-state index in [0.717, 1.165) is 16.9 Å². The average Bonchev–Trinajstić information content (AvgIpc) is 3.14. The van der Waals surface area contributed by atoms with Gasteiger partial charge in [0.2, 0.25) is 11.8 Å². The van der Waals surface area contributed by atoms with Crippen molar-refractivity contribution in [3.05, 3.63) is 65.5 Å². The lowest BCUT2D eigenvalue weighted by atomic mass is 10.1. The molecule has 2 heterocycles. The molecule has 2 aromatic carbocycles. The molecule has 1 aliphatic heterocycles. The first-order chi connectivity index (χ1) is 13.3. The first kappa shape index (κ1) is 17.1. The lowest BCUT2D eigenvalue weighted by Crippen LogP contribution is -2.15. The molecular weight excluding hydrogens is 346 g/mol. The van der Waals surface area contributed by atoms with Gasteiger partial charge in [-0.2, -0.15) is 0 Å². The molecule has 4 rings (SSSR count). The predicted octanol–water partition coefficient (Wildman–Crippen LogP) is 3.00. The number of hydrogen-bond donors (Lipinski definition) is 1. The number of carbonyl (C=O) groups is 1. The van der Waals surface area contributed by atoms with Crippen molar-refractivity contribution in [1.29, 1.82) is 0 Å². The molecule has 1 aliphatic rings. The number of anilines is 1. The topological polar surface area (TPSA) is 86.5 Å². The van der Waals surface area contributed by atoms with Crippen molar-refractivity contribution in [2.45, 2.75) is 19.3 Å². The fourth-order valence-corrected chi connectivity index (χ4v) is 2.83. The SMILES string of the molecule is O=C(CCc1ccccc1)Nc1nnc(Cc2ccc3c(c2)OCCO3)o1. The van der Waals surface area contributed by atoms with E-state index in [2.05, 4.69) is 15.5 Å². The van der Waals surface area contributed by atoms with Crippen LogP contribution < -0.4 is 14.8 Å². The van der Waals surface area contributed by atoms with Crippen LogP contribution in [0.4, 0.5) is 6.01 Å². The van der Waals surface area contributed by atoms with Crippen LogP contribution in [0.1, 0.15) is 23.4 Å². The molecular formula is C20H19N3O4. The number of nitrogens with one attached hydrogen (secondary N) is 1. The lowest BCUT2D eigenvalue weighted by Gasteiger charge is -2.18. The van der Waals surface area contributed by atoms with Gasteiger partial charge in [-0.05, 0) is 29.7 Å². The average molecular weight is 365 g/mol. The Kier molecular flexibility index (Phi) is 5.00. The van der Waals surface area contributed by atoms with Crippen LogP contribution in [-0.2, 0) is 17.6 Å². The molecule has 7 nitrogen and oxygen atoms in total. The van der Waals surface area contributed by atoms with Crippen molar-refractivity contribution in [2.75, 3.05) is 18.5 Å². The number of aromatic nitrogens is 2. The van der Waals surface area contributed by atoms with Gasteiger partial charge in [-0.3, -0.25) is 10.1 Å². The Balaban J connectivity index is 1.32. The van der Waals surface area contributed by atoms with E-state index in [4.69, 9.17) is 13.9 Å². The number of ether oxygens (including phenoxy) is 2. The maximum atomic E-state index is 12.0. The summed E-state index contributed by atoms with van der Waals surface area (Å²) in [5.74, 6) is 1.72. The molecule has 0 radical (unpaired) electrons. The molecule has 0 fully saturated rings. The Bertz CT molecular complexity index is 924. The zero-order valence-corrected chi connectivity index (χ0v) is 14.7. The highest BCUT2D eigenvalue weighted by atomic mass is 16.6. The van der Waals surface area contributed by atoms with E-state index in [9.17, 15) is 4.79 Å². The van der Waals surface area contributed by atoms with Gasteiger partial charge >= 0.3 is 6.01 Å². The van der Waals surface area contributed by atoms with Crippen LogP contribution >= 0.6 is 0 Å². The van der Waals surface area contributed by atoms with E-state index in [-0.39, 0.29) is 11.9 Å². The summed E-state index contributed by atoms with van der Waals surface area (Å²) in [7, 11) is 0. The van der Waals surface area contributed by atoms with Crippen molar-refractivity contribution in [3.63, 3.8) is 0 Å². The first-order valence-electron chi connectivity index (χ1n) is 8.81. The second kappa shape index (κ2) is 7.90. The summed E-state index contributed by atoms with van der Waals surface area (Å²) in [4.78, 5) is 12.0. The molecule has 0 saturated carbocycles. The van der Waals surface area contributed by atoms with Gasteiger partial charge in [-0.25, -0.2) is 0 Å². The molecule has 3 aromatic rings. The summed E-state index contributed by atoms with van der Waals surface area (Å²) < 4.78 is 16.6. The van der Waals surface area contributed by atoms with E-state index in [0.29, 0.717) is 44.1 Å². The summed E-state index contributed by atoms with van der Waals surface area (Å²) in [6.07, 6.45) is 1.46. The molecule has 7 heteroatoms. The third-order valence-corrected chi connectivity index (χ3v) is 4.16. The van der Waals surface area contributed by atoms with Crippen LogP contribution in [0, 0.1) is 0 Å². The van der Waals surface area contributed by atoms with Crippen molar-refractivity contribution in [1.82, 2.24) is 10.2 Å². The van der Waals surface area contributed by atoms with E-state index < -0.39 is 0 Å². The van der Waals surface area contributed by atoms with Gasteiger partial charge in [0, 0.05) is 6.42 Å². The second-order valence-electron chi connectivity index (χ2n) is 6.19. The Morgan fingerprint density at radius 1 is 0.963 bits per heavy atom. The second-order valence-corrected chi connectivity index (χ2v) is 6.19. The van der Waals surface area contributed by atoms with Gasteiger partial charge in [0.1, 0.15) is 13.2 Å². The smallest absolute Gasteiger partial charge is 0.322 e. The van der Waals surface area contributed by atoms with E-state index in [1.807, 2.05) is 48.5 Å². The minimum absolute atomic E-state index is 0.112. The van der Waals surface area contributed by atoms with Crippen molar-refractivity contribution >= 4 is 11.9 Å². The maximum Gasteiger partial charge on any atom is 0.322 e. The third kappa shape index (κ3) is 4.44. The standard InChI is InChI=1S/C20H19N3O4/c24-18(9-7-14-4-2-1-3-5-14)21-20-23-22-19(27-20)13-15-6-8-16-17(12-15)26-11-10-25-16/h1-6,8,12H,7,9-11,13H2,(H,21,23,24). The summed E-state index contributed by atoms with van der Waals surface area (Å²) in [5, 5.41) is 10.5. The number of carbonyl (C=O) groups excluding carboxylic acids is 1. The van der Waals surface area contributed by atoms with Gasteiger partial charge in [0.05, 0.1) is 6.42 Å². The Morgan fingerprint density at radius 3 is 2.63 bits per heavy atom. The van der Waals surface area contributed by atoms with Crippen molar-refractivity contribution in [2.24, 2.45) is 0 Å². The quantitative estimate of drug-likeness (QED) is 0.723. The van der Waals surface area contributed by atoms with Crippen LogP contribution in [0.3, 0.4) is 0 Å². The molecule has 0 atom stereocenters. The number of nitrogens with zero attached hydrogens (tertiary/aromatic N) is 2. The molecule has 1 N–H and O–H groups in total. The zero-order valence-electron chi connectivity index (χ0n) is 14.7. The molecule has 0 spiro atoms. The van der Waals surface area contributed by atoms with Gasteiger partial charge in [-0.1, -0.05) is 41.5 Å². The Morgan fingerprint density at radius 2 is 1.78 bits per heavy atom. The molecule has 1 amide bonds. The van der Waals surface area contributed by atoms with E-state index in [1.165, 1.54) is 0 Å². The third-order valence-electron chi connectivity index (χ3n) is 4.16. The molecule has 0 unspecified atom stereocenters. The summed E-state index contributed by atoms with van der Waals surface area (Å²) >= 11 is 0. The number of benzene rings is 2. The predicted molar refractivity (Wildman–Crippen MR) is 97.9 cm³/mol. The lowest BCUT2D eigenvalue weighted by molar-refractivity contribution is -0.116. The highest BCUT2D eigenvalue weighted by Crippen LogP contribution is 2.31. The largest absolute Gasteiger partial charge is 0.486 e. The maximum absolute atomic E-state index is 12.0. The fourth-order valence-electron chi connectivity index (χ4n) is 2.83. The summed E-state index contributed by atoms with van der Waals surface area (Å²) in [5.41, 5.74) is 2.07. The normalized spacial score (nSPS) is 12.6. The van der Waals surface area contributed by atoms with Crippen LogP contribution in [0.5, 0.6) is 11.5 Å². The first-order valence-corrected chi connectivity index (χ1v) is 8.81. The van der Waals surface area contributed by atoms with Crippen molar-refractivity contribution in [3.8, 4) is 11.5 Å². The summed E-state index contributed by atoms with van der Waals surface area (Å²) in [6.45, 7) is 1.10. The van der Waals surface area contributed by atoms with E-state index >= 15 is 0 Å². The molecule has 138 valence electrons. The number of aryl methyl sites for hydroxylation is 1. The Labute approximate surface area is 156 Å².